The molecule has 2 heteroatoms. The van der Waals surface area contributed by atoms with Crippen LogP contribution in [-0.4, -0.2) is 12.1 Å². The molecule has 0 bridgehead atoms. The van der Waals surface area contributed by atoms with Crippen molar-refractivity contribution in [3.8, 4) is 0 Å². The highest BCUT2D eigenvalue weighted by Crippen LogP contribution is 2.30. The van der Waals surface area contributed by atoms with E-state index in [4.69, 9.17) is 4.74 Å². The number of aromatic nitrogens is 1. The fourth-order valence-corrected chi connectivity index (χ4v) is 1.83. The Bertz CT molecular complexity index is 272. The number of aryl methyl sites for hydroxylation is 1. The van der Waals surface area contributed by atoms with Crippen molar-refractivity contribution < 1.29 is 4.74 Å². The van der Waals surface area contributed by atoms with E-state index in [9.17, 15) is 0 Å². The summed E-state index contributed by atoms with van der Waals surface area (Å²) in [5.41, 5.74) is 2.69. The van der Waals surface area contributed by atoms with Crippen LogP contribution in [0.4, 0.5) is 0 Å². The third-order valence-corrected chi connectivity index (χ3v) is 2.49. The van der Waals surface area contributed by atoms with Crippen molar-refractivity contribution in [2.45, 2.75) is 25.4 Å². The topological polar surface area (TPSA) is 22.1 Å². The van der Waals surface area contributed by atoms with Gasteiger partial charge in [0.25, 0.3) is 0 Å². The lowest BCUT2D eigenvalue weighted by molar-refractivity contribution is 0.0878. The summed E-state index contributed by atoms with van der Waals surface area (Å²) in [6, 6.07) is 2.10. The van der Waals surface area contributed by atoms with Gasteiger partial charge in [-0.3, -0.25) is 4.98 Å². The minimum Gasteiger partial charge on any atom is -0.377 e. The van der Waals surface area contributed by atoms with Crippen LogP contribution in [-0.2, 0) is 11.2 Å². The standard InChI is InChI=1S/C10H13NO/c1-12-10-4-2-3-8-5-6-11-7-9(8)10/h5-7,10H,2-4H2,1H3. The van der Waals surface area contributed by atoms with Gasteiger partial charge < -0.3 is 4.74 Å². The molecule has 2 rings (SSSR count). The number of fused-ring (bicyclic) bond motifs is 1. The Kier molecular flexibility index (Phi) is 2.09. The van der Waals surface area contributed by atoms with Gasteiger partial charge in [-0.05, 0) is 30.9 Å². The fraction of sp³-hybridized carbons (Fsp3) is 0.500. The molecule has 0 fully saturated rings. The van der Waals surface area contributed by atoms with Crippen molar-refractivity contribution in [1.82, 2.24) is 4.98 Å². The lowest BCUT2D eigenvalue weighted by atomic mass is 9.91. The lowest BCUT2D eigenvalue weighted by Crippen LogP contribution is -2.11. The first-order valence-electron chi connectivity index (χ1n) is 4.37. The molecule has 1 atom stereocenters. The van der Waals surface area contributed by atoms with Crippen LogP contribution in [0.3, 0.4) is 0 Å². The largest absolute Gasteiger partial charge is 0.377 e. The number of hydrogen-bond acceptors (Lipinski definition) is 2. The van der Waals surface area contributed by atoms with E-state index in [2.05, 4.69) is 11.1 Å². The molecule has 0 saturated heterocycles. The van der Waals surface area contributed by atoms with Crippen LogP contribution in [0.1, 0.15) is 30.1 Å². The summed E-state index contributed by atoms with van der Waals surface area (Å²) in [5.74, 6) is 0. The van der Waals surface area contributed by atoms with Gasteiger partial charge in [0.05, 0.1) is 6.10 Å². The van der Waals surface area contributed by atoms with Crippen molar-refractivity contribution in [3.05, 3.63) is 29.6 Å². The maximum absolute atomic E-state index is 5.38. The van der Waals surface area contributed by atoms with Crippen LogP contribution in [0.25, 0.3) is 0 Å². The van der Waals surface area contributed by atoms with E-state index in [0.29, 0.717) is 0 Å². The Hall–Kier alpha value is -0.890. The average Bonchev–Trinajstić information content (AvgIpc) is 2.17. The summed E-state index contributed by atoms with van der Waals surface area (Å²) in [6.45, 7) is 0. The molecule has 12 heavy (non-hydrogen) atoms. The zero-order valence-electron chi connectivity index (χ0n) is 7.29. The molecular formula is C10H13NO. The second-order valence-corrected chi connectivity index (χ2v) is 3.19. The molecule has 0 N–H and O–H groups in total. The third kappa shape index (κ3) is 1.23. The second-order valence-electron chi connectivity index (χ2n) is 3.19. The molecule has 1 aliphatic carbocycles. The molecule has 1 aliphatic rings. The van der Waals surface area contributed by atoms with E-state index in [1.54, 1.807) is 7.11 Å². The van der Waals surface area contributed by atoms with Gasteiger partial charge in [-0.15, -0.1) is 0 Å². The van der Waals surface area contributed by atoms with Gasteiger partial charge in [-0.2, -0.15) is 0 Å². The number of pyridine rings is 1. The zero-order chi connectivity index (χ0) is 8.39. The van der Waals surface area contributed by atoms with E-state index >= 15 is 0 Å². The minimum absolute atomic E-state index is 0.280. The van der Waals surface area contributed by atoms with Crippen LogP contribution >= 0.6 is 0 Å². The smallest absolute Gasteiger partial charge is 0.0838 e. The van der Waals surface area contributed by atoms with Crippen molar-refractivity contribution in [2.75, 3.05) is 7.11 Å². The molecule has 1 unspecified atom stereocenters. The summed E-state index contributed by atoms with van der Waals surface area (Å²) < 4.78 is 5.38. The summed E-state index contributed by atoms with van der Waals surface area (Å²) in [6.07, 6.45) is 7.62. The Morgan fingerprint density at radius 3 is 3.33 bits per heavy atom. The molecule has 2 nitrogen and oxygen atoms in total. The van der Waals surface area contributed by atoms with E-state index in [1.807, 2.05) is 12.4 Å². The fourth-order valence-electron chi connectivity index (χ4n) is 1.83. The molecule has 0 saturated carbocycles. The maximum Gasteiger partial charge on any atom is 0.0838 e. The number of hydrogen-bond donors (Lipinski definition) is 0. The highest BCUT2D eigenvalue weighted by Gasteiger charge is 2.18. The van der Waals surface area contributed by atoms with Crippen molar-refractivity contribution in [1.29, 1.82) is 0 Å². The van der Waals surface area contributed by atoms with E-state index < -0.39 is 0 Å². The van der Waals surface area contributed by atoms with Gasteiger partial charge in [-0.25, -0.2) is 0 Å². The maximum atomic E-state index is 5.38. The molecule has 0 aliphatic heterocycles. The van der Waals surface area contributed by atoms with Crippen molar-refractivity contribution in [3.63, 3.8) is 0 Å². The summed E-state index contributed by atoms with van der Waals surface area (Å²) in [4.78, 5) is 4.12. The molecule has 0 amide bonds. The van der Waals surface area contributed by atoms with Crippen molar-refractivity contribution in [2.24, 2.45) is 0 Å². The number of ether oxygens (including phenoxy) is 1. The molecule has 64 valence electrons. The SMILES string of the molecule is COC1CCCc2ccncc21. The Morgan fingerprint density at radius 2 is 2.50 bits per heavy atom. The Morgan fingerprint density at radius 1 is 1.58 bits per heavy atom. The first kappa shape index (κ1) is 7.74. The molecule has 0 spiro atoms. The average molecular weight is 163 g/mol. The molecule has 0 radical (unpaired) electrons. The monoisotopic (exact) mass is 163 g/mol. The quantitative estimate of drug-likeness (QED) is 0.632. The van der Waals surface area contributed by atoms with Gasteiger partial charge in [0.1, 0.15) is 0 Å². The third-order valence-electron chi connectivity index (χ3n) is 2.49. The number of methoxy groups -OCH3 is 1. The number of rotatable bonds is 1. The molecule has 0 aromatic carbocycles. The van der Waals surface area contributed by atoms with Crippen LogP contribution in [0.5, 0.6) is 0 Å². The van der Waals surface area contributed by atoms with Crippen LogP contribution < -0.4 is 0 Å². The molecule has 1 aromatic heterocycles. The first-order valence-corrected chi connectivity index (χ1v) is 4.37. The van der Waals surface area contributed by atoms with Gasteiger partial charge in [0, 0.05) is 25.1 Å². The van der Waals surface area contributed by atoms with Gasteiger partial charge in [-0.1, -0.05) is 0 Å². The van der Waals surface area contributed by atoms with Gasteiger partial charge in [0.15, 0.2) is 0 Å². The van der Waals surface area contributed by atoms with E-state index in [-0.39, 0.29) is 6.10 Å². The second kappa shape index (κ2) is 3.23. The van der Waals surface area contributed by atoms with E-state index in [1.165, 1.54) is 24.0 Å². The Balaban J connectivity index is 2.37. The highest BCUT2D eigenvalue weighted by atomic mass is 16.5. The predicted octanol–water partition coefficient (Wildman–Crippen LogP) is 2.11. The molecule has 1 aromatic rings. The van der Waals surface area contributed by atoms with Crippen LogP contribution in [0, 0.1) is 0 Å². The summed E-state index contributed by atoms with van der Waals surface area (Å²) >= 11 is 0. The van der Waals surface area contributed by atoms with Gasteiger partial charge >= 0.3 is 0 Å². The zero-order valence-corrected chi connectivity index (χ0v) is 7.29. The first-order chi connectivity index (χ1) is 5.92. The summed E-state index contributed by atoms with van der Waals surface area (Å²) in [7, 11) is 1.77. The molecular weight excluding hydrogens is 150 g/mol. The Labute approximate surface area is 72.6 Å². The number of nitrogens with zero attached hydrogens (tertiary/aromatic N) is 1. The summed E-state index contributed by atoms with van der Waals surface area (Å²) in [5, 5.41) is 0. The molecule has 1 heterocycles. The van der Waals surface area contributed by atoms with Crippen LogP contribution in [0.15, 0.2) is 18.5 Å². The normalized spacial score (nSPS) is 21.9. The van der Waals surface area contributed by atoms with Crippen molar-refractivity contribution >= 4 is 0 Å². The van der Waals surface area contributed by atoms with E-state index in [0.717, 1.165) is 6.42 Å². The highest BCUT2D eigenvalue weighted by molar-refractivity contribution is 5.27. The van der Waals surface area contributed by atoms with Crippen LogP contribution in [0.2, 0.25) is 0 Å². The lowest BCUT2D eigenvalue weighted by Gasteiger charge is -2.23. The predicted molar refractivity (Wildman–Crippen MR) is 46.9 cm³/mol. The minimum atomic E-state index is 0.280. The van der Waals surface area contributed by atoms with Gasteiger partial charge in [0.2, 0.25) is 0 Å².